The summed E-state index contributed by atoms with van der Waals surface area (Å²) in [5.41, 5.74) is 0.501. The molecule has 5 heteroatoms. The van der Waals surface area contributed by atoms with Crippen molar-refractivity contribution < 1.29 is 4.79 Å². The van der Waals surface area contributed by atoms with Gasteiger partial charge >= 0.3 is 0 Å². The van der Waals surface area contributed by atoms with Gasteiger partial charge in [0.05, 0.1) is 11.4 Å². The van der Waals surface area contributed by atoms with Crippen LogP contribution in [0.2, 0.25) is 0 Å². The van der Waals surface area contributed by atoms with Gasteiger partial charge in [-0.15, -0.1) is 11.3 Å². The Kier molecular flexibility index (Phi) is 3.22. The van der Waals surface area contributed by atoms with Gasteiger partial charge in [-0.1, -0.05) is 0 Å². The first kappa shape index (κ1) is 11.1. The van der Waals surface area contributed by atoms with Crippen molar-refractivity contribution in [3.05, 3.63) is 44.8 Å². The topological polar surface area (TPSA) is 45.8 Å². The van der Waals surface area contributed by atoms with Crippen LogP contribution in [0.3, 0.4) is 0 Å². The van der Waals surface area contributed by atoms with E-state index in [9.17, 15) is 4.79 Å². The van der Waals surface area contributed by atoms with E-state index >= 15 is 0 Å². The third-order valence-electron chi connectivity index (χ3n) is 2.13. The van der Waals surface area contributed by atoms with Crippen LogP contribution in [0.4, 0.5) is 0 Å². The molecule has 16 heavy (non-hydrogen) atoms. The van der Waals surface area contributed by atoms with E-state index in [0.29, 0.717) is 10.6 Å². The zero-order valence-electron chi connectivity index (χ0n) is 8.18. The number of hydrogen-bond acceptors (Lipinski definition) is 3. The van der Waals surface area contributed by atoms with Crippen molar-refractivity contribution in [2.24, 2.45) is 0 Å². The Morgan fingerprint density at radius 2 is 2.38 bits per heavy atom. The SMILES string of the molecule is N#Cc1cccn1CC(=O)c1sccc1Br. The number of thiophene rings is 1. The molecule has 2 rings (SSSR count). The third-order valence-corrected chi connectivity index (χ3v) is 4.01. The minimum absolute atomic E-state index is 0.00887. The van der Waals surface area contributed by atoms with Gasteiger partial charge in [-0.05, 0) is 39.5 Å². The van der Waals surface area contributed by atoms with Gasteiger partial charge in [0.2, 0.25) is 0 Å². The molecule has 2 aromatic rings. The van der Waals surface area contributed by atoms with Crippen molar-refractivity contribution >= 4 is 33.0 Å². The highest BCUT2D eigenvalue weighted by molar-refractivity contribution is 9.10. The van der Waals surface area contributed by atoms with Crippen LogP contribution in [-0.4, -0.2) is 10.4 Å². The first-order valence-corrected chi connectivity index (χ1v) is 6.21. The summed E-state index contributed by atoms with van der Waals surface area (Å²) in [5, 5.41) is 10.7. The Balaban J connectivity index is 2.21. The maximum absolute atomic E-state index is 11.9. The second kappa shape index (κ2) is 4.64. The van der Waals surface area contributed by atoms with E-state index in [1.54, 1.807) is 22.9 Å². The van der Waals surface area contributed by atoms with Crippen molar-refractivity contribution in [1.29, 1.82) is 5.26 Å². The monoisotopic (exact) mass is 294 g/mol. The van der Waals surface area contributed by atoms with E-state index in [4.69, 9.17) is 5.26 Å². The number of halogens is 1. The van der Waals surface area contributed by atoms with E-state index in [1.165, 1.54) is 11.3 Å². The fraction of sp³-hybridized carbons (Fsp3) is 0.0909. The van der Waals surface area contributed by atoms with Crippen LogP contribution in [0, 0.1) is 11.3 Å². The molecule has 0 N–H and O–H groups in total. The molecular formula is C11H7BrN2OS. The van der Waals surface area contributed by atoms with Gasteiger partial charge < -0.3 is 4.57 Å². The number of aromatic nitrogens is 1. The lowest BCUT2D eigenvalue weighted by molar-refractivity contribution is 0.0975. The summed E-state index contributed by atoms with van der Waals surface area (Å²) in [4.78, 5) is 12.6. The highest BCUT2D eigenvalue weighted by atomic mass is 79.9. The maximum atomic E-state index is 11.9. The smallest absolute Gasteiger partial charge is 0.193 e. The predicted molar refractivity (Wildman–Crippen MR) is 65.5 cm³/mol. The van der Waals surface area contributed by atoms with Crippen LogP contribution in [-0.2, 0) is 6.54 Å². The molecule has 0 saturated heterocycles. The molecule has 0 saturated carbocycles. The molecule has 2 heterocycles. The molecule has 0 amide bonds. The number of carbonyl (C=O) groups is 1. The van der Waals surface area contributed by atoms with Crippen LogP contribution in [0.5, 0.6) is 0 Å². The highest BCUT2D eigenvalue weighted by Gasteiger charge is 2.13. The van der Waals surface area contributed by atoms with Crippen molar-refractivity contribution in [3.8, 4) is 6.07 Å². The minimum Gasteiger partial charge on any atom is -0.332 e. The van der Waals surface area contributed by atoms with Gasteiger partial charge in [0.1, 0.15) is 11.8 Å². The molecule has 0 aliphatic heterocycles. The summed E-state index contributed by atoms with van der Waals surface area (Å²) in [6.45, 7) is 0.203. The number of hydrogen-bond donors (Lipinski definition) is 0. The summed E-state index contributed by atoms with van der Waals surface area (Å²) >= 11 is 4.72. The number of nitrogens with zero attached hydrogens (tertiary/aromatic N) is 2. The Labute approximate surface area is 105 Å². The maximum Gasteiger partial charge on any atom is 0.193 e. The average molecular weight is 295 g/mol. The fourth-order valence-electron chi connectivity index (χ4n) is 1.37. The first-order valence-electron chi connectivity index (χ1n) is 4.54. The van der Waals surface area contributed by atoms with Crippen LogP contribution < -0.4 is 0 Å². The number of ketones is 1. The Morgan fingerprint density at radius 1 is 1.56 bits per heavy atom. The third kappa shape index (κ3) is 2.08. The molecule has 0 bridgehead atoms. The molecule has 0 unspecified atom stereocenters. The second-order valence-corrected chi connectivity index (χ2v) is 4.92. The zero-order valence-corrected chi connectivity index (χ0v) is 10.6. The minimum atomic E-state index is 0.00887. The Hall–Kier alpha value is -1.38. The summed E-state index contributed by atoms with van der Waals surface area (Å²) in [7, 11) is 0. The largest absolute Gasteiger partial charge is 0.332 e. The van der Waals surface area contributed by atoms with E-state index in [1.807, 2.05) is 17.5 Å². The van der Waals surface area contributed by atoms with Crippen LogP contribution in [0.15, 0.2) is 34.2 Å². The van der Waals surface area contributed by atoms with E-state index in [0.717, 1.165) is 4.47 Å². The summed E-state index contributed by atoms with van der Waals surface area (Å²) in [6.07, 6.45) is 1.73. The summed E-state index contributed by atoms with van der Waals surface area (Å²) < 4.78 is 2.46. The normalized spacial score (nSPS) is 10.0. The Bertz CT molecular complexity index is 565. The molecule has 80 valence electrons. The number of carbonyl (C=O) groups excluding carboxylic acids is 1. The van der Waals surface area contributed by atoms with Crippen LogP contribution >= 0.6 is 27.3 Å². The van der Waals surface area contributed by atoms with Gasteiger partial charge in [0.15, 0.2) is 5.78 Å². The summed E-state index contributed by atoms with van der Waals surface area (Å²) in [5.74, 6) is 0.00887. The first-order chi connectivity index (χ1) is 7.72. The summed E-state index contributed by atoms with van der Waals surface area (Å²) in [6, 6.07) is 7.34. The van der Waals surface area contributed by atoms with E-state index in [2.05, 4.69) is 15.9 Å². The number of rotatable bonds is 3. The number of nitriles is 1. The highest BCUT2D eigenvalue weighted by Crippen LogP contribution is 2.23. The van der Waals surface area contributed by atoms with Gasteiger partial charge in [-0.2, -0.15) is 5.26 Å². The molecule has 0 radical (unpaired) electrons. The van der Waals surface area contributed by atoms with Crippen molar-refractivity contribution in [1.82, 2.24) is 4.57 Å². The molecule has 0 atom stereocenters. The quantitative estimate of drug-likeness (QED) is 0.817. The second-order valence-electron chi connectivity index (χ2n) is 3.15. The molecular weight excluding hydrogens is 288 g/mol. The van der Waals surface area contributed by atoms with Crippen LogP contribution in [0.25, 0.3) is 0 Å². The van der Waals surface area contributed by atoms with Crippen molar-refractivity contribution in [2.75, 3.05) is 0 Å². The number of Topliss-reactive ketones (excluding diaryl/α,β-unsaturated/α-hetero) is 1. The fourth-order valence-corrected chi connectivity index (χ4v) is 2.90. The predicted octanol–water partition coefficient (Wildman–Crippen LogP) is 3.07. The van der Waals surface area contributed by atoms with Gasteiger partial charge in [0.25, 0.3) is 0 Å². The molecule has 0 aliphatic rings. The zero-order chi connectivity index (χ0) is 11.5. The van der Waals surface area contributed by atoms with E-state index < -0.39 is 0 Å². The van der Waals surface area contributed by atoms with Crippen molar-refractivity contribution in [2.45, 2.75) is 6.54 Å². The van der Waals surface area contributed by atoms with Crippen LogP contribution in [0.1, 0.15) is 15.4 Å². The average Bonchev–Trinajstić information content (AvgIpc) is 2.86. The van der Waals surface area contributed by atoms with Crippen molar-refractivity contribution in [3.63, 3.8) is 0 Å². The lowest BCUT2D eigenvalue weighted by Crippen LogP contribution is -2.10. The molecule has 0 fully saturated rings. The lowest BCUT2D eigenvalue weighted by Gasteiger charge is -2.02. The molecule has 2 aromatic heterocycles. The van der Waals surface area contributed by atoms with Gasteiger partial charge in [-0.25, -0.2) is 0 Å². The molecule has 0 aromatic carbocycles. The molecule has 0 spiro atoms. The molecule has 0 aliphatic carbocycles. The van der Waals surface area contributed by atoms with Gasteiger partial charge in [0, 0.05) is 10.7 Å². The van der Waals surface area contributed by atoms with E-state index in [-0.39, 0.29) is 12.3 Å². The Morgan fingerprint density at radius 3 is 3.00 bits per heavy atom. The lowest BCUT2D eigenvalue weighted by atomic mass is 10.3. The van der Waals surface area contributed by atoms with Gasteiger partial charge in [-0.3, -0.25) is 4.79 Å². The molecule has 3 nitrogen and oxygen atoms in total. The standard InChI is InChI=1S/C11H7BrN2OS/c12-9-3-5-16-11(9)10(15)7-14-4-1-2-8(14)6-13/h1-5H,7H2.